The molecule has 0 bridgehead atoms. The fraction of sp³-hybridized carbons (Fsp3) is 0.267. The van der Waals surface area contributed by atoms with Gasteiger partial charge in [0.05, 0.1) is 18.7 Å². The first kappa shape index (κ1) is 26.0. The third-order valence-electron chi connectivity index (χ3n) is 6.33. The van der Waals surface area contributed by atoms with Gasteiger partial charge < -0.3 is 24.2 Å². The molecule has 4 rings (SSSR count). The average Bonchev–Trinajstić information content (AvgIpc) is 3.17. The maximum Gasteiger partial charge on any atom is 0.295 e. The summed E-state index contributed by atoms with van der Waals surface area (Å²) < 4.78 is 16.3. The number of aryl methyl sites for hydroxylation is 1. The van der Waals surface area contributed by atoms with Crippen molar-refractivity contribution in [1.29, 1.82) is 0 Å². The lowest BCUT2D eigenvalue weighted by atomic mass is 9.95. The van der Waals surface area contributed by atoms with Crippen LogP contribution in [0.15, 0.2) is 78.4 Å². The van der Waals surface area contributed by atoms with E-state index in [9.17, 15) is 14.7 Å². The number of likely N-dealkylation sites (tertiary alicyclic amines) is 1. The maximum atomic E-state index is 13.1. The van der Waals surface area contributed by atoms with E-state index in [1.807, 2.05) is 25.1 Å². The van der Waals surface area contributed by atoms with Crippen LogP contribution in [0.25, 0.3) is 5.76 Å². The summed E-state index contributed by atoms with van der Waals surface area (Å²) in [6, 6.07) is 21.3. The van der Waals surface area contributed by atoms with Crippen LogP contribution < -0.4 is 9.47 Å². The third-order valence-corrected chi connectivity index (χ3v) is 6.33. The van der Waals surface area contributed by atoms with Gasteiger partial charge in [-0.1, -0.05) is 42.0 Å². The number of carbonyl (C=O) groups excluding carboxylic acids is 2. The summed E-state index contributed by atoms with van der Waals surface area (Å²) in [6.45, 7) is 3.21. The highest BCUT2D eigenvalue weighted by atomic mass is 16.5. The topological polar surface area (TPSA) is 85.3 Å². The normalized spacial score (nSPS) is 16.7. The van der Waals surface area contributed by atoms with Crippen molar-refractivity contribution in [1.82, 2.24) is 4.90 Å². The van der Waals surface area contributed by atoms with Crippen LogP contribution in [-0.2, 0) is 20.9 Å². The number of ketones is 1. The minimum atomic E-state index is -0.722. The molecule has 37 heavy (non-hydrogen) atoms. The summed E-state index contributed by atoms with van der Waals surface area (Å²) in [5.41, 5.74) is 3.40. The molecule has 0 aliphatic carbocycles. The lowest BCUT2D eigenvalue weighted by Crippen LogP contribution is -2.31. The highest BCUT2D eigenvalue weighted by molar-refractivity contribution is 6.46. The first-order chi connectivity index (χ1) is 17.9. The Morgan fingerprint density at radius 2 is 1.65 bits per heavy atom. The summed E-state index contributed by atoms with van der Waals surface area (Å²) in [4.78, 5) is 27.6. The summed E-state index contributed by atoms with van der Waals surface area (Å²) in [7, 11) is 3.16. The fourth-order valence-corrected chi connectivity index (χ4v) is 4.46. The molecule has 1 heterocycles. The zero-order valence-corrected chi connectivity index (χ0v) is 21.3. The molecule has 0 saturated carbocycles. The second-order valence-electron chi connectivity index (χ2n) is 8.91. The van der Waals surface area contributed by atoms with Crippen LogP contribution in [0.1, 0.15) is 34.7 Å². The molecule has 7 nitrogen and oxygen atoms in total. The average molecular weight is 502 g/mol. The van der Waals surface area contributed by atoms with Crippen LogP contribution in [0.4, 0.5) is 0 Å². The quantitative estimate of drug-likeness (QED) is 0.181. The largest absolute Gasteiger partial charge is 0.507 e. The van der Waals surface area contributed by atoms with Gasteiger partial charge in [-0.2, -0.15) is 0 Å². The van der Waals surface area contributed by atoms with Crippen molar-refractivity contribution < 1.29 is 28.9 Å². The molecule has 1 atom stereocenters. The van der Waals surface area contributed by atoms with Crippen molar-refractivity contribution >= 4 is 17.4 Å². The molecule has 0 unspecified atom stereocenters. The summed E-state index contributed by atoms with van der Waals surface area (Å²) in [5, 5.41) is 11.2. The Morgan fingerprint density at radius 3 is 2.30 bits per heavy atom. The van der Waals surface area contributed by atoms with Gasteiger partial charge in [0, 0.05) is 25.8 Å². The van der Waals surface area contributed by atoms with Crippen LogP contribution in [0.3, 0.4) is 0 Å². The Bertz CT molecular complexity index is 1280. The number of hydrogen-bond donors (Lipinski definition) is 1. The van der Waals surface area contributed by atoms with Crippen molar-refractivity contribution in [2.24, 2.45) is 0 Å². The van der Waals surface area contributed by atoms with E-state index in [4.69, 9.17) is 14.2 Å². The maximum absolute atomic E-state index is 13.1. The standard InChI is InChI=1S/C30H31NO6/c1-20-6-4-7-21(18-20)19-37-25-14-10-23(11-15-25)28(32)26-27(22-8-12-24(36-3)13-9-22)31(16-5-17-35-2)30(34)29(26)33/h4,6-15,18,27,32H,5,16-17,19H2,1-3H3/b28-26+/t27-/m0/s1. The van der Waals surface area contributed by atoms with Gasteiger partial charge in [0.15, 0.2) is 0 Å². The Labute approximate surface area is 216 Å². The number of carbonyl (C=O) groups is 2. The highest BCUT2D eigenvalue weighted by Gasteiger charge is 2.45. The first-order valence-corrected chi connectivity index (χ1v) is 12.1. The SMILES string of the molecule is COCCCN1C(=O)C(=O)/C(=C(/O)c2ccc(OCc3cccc(C)c3)cc2)[C@@H]1c1ccc(OC)cc1. The molecule has 192 valence electrons. The predicted octanol–water partition coefficient (Wildman–Crippen LogP) is 5.04. The van der Waals surface area contributed by atoms with Crippen LogP contribution in [0.5, 0.6) is 11.5 Å². The van der Waals surface area contributed by atoms with E-state index in [1.54, 1.807) is 62.8 Å². The van der Waals surface area contributed by atoms with Crippen LogP contribution in [0.2, 0.25) is 0 Å². The molecule has 1 saturated heterocycles. The van der Waals surface area contributed by atoms with Crippen molar-refractivity contribution in [2.75, 3.05) is 27.4 Å². The van der Waals surface area contributed by atoms with Gasteiger partial charge in [-0.05, 0) is 60.9 Å². The van der Waals surface area contributed by atoms with Gasteiger partial charge in [-0.3, -0.25) is 9.59 Å². The Kier molecular flexibility index (Phi) is 8.25. The number of hydrogen-bond acceptors (Lipinski definition) is 6. The smallest absolute Gasteiger partial charge is 0.295 e. The summed E-state index contributed by atoms with van der Waals surface area (Å²) >= 11 is 0. The number of nitrogens with zero attached hydrogens (tertiary/aromatic N) is 1. The molecule has 7 heteroatoms. The van der Waals surface area contributed by atoms with Crippen LogP contribution in [0, 0.1) is 6.92 Å². The minimum Gasteiger partial charge on any atom is -0.507 e. The molecule has 0 radical (unpaired) electrons. The number of ether oxygens (including phenoxy) is 3. The van der Waals surface area contributed by atoms with Crippen molar-refractivity contribution in [3.05, 3.63) is 101 Å². The van der Waals surface area contributed by atoms with E-state index >= 15 is 0 Å². The van der Waals surface area contributed by atoms with Gasteiger partial charge in [0.25, 0.3) is 11.7 Å². The van der Waals surface area contributed by atoms with Gasteiger partial charge in [0.2, 0.25) is 0 Å². The van der Waals surface area contributed by atoms with Gasteiger partial charge in [-0.15, -0.1) is 0 Å². The summed E-state index contributed by atoms with van der Waals surface area (Å²) in [6.07, 6.45) is 0.559. The number of aliphatic hydroxyl groups excluding tert-OH is 1. The number of aliphatic hydroxyl groups is 1. The lowest BCUT2D eigenvalue weighted by molar-refractivity contribution is -0.140. The second kappa shape index (κ2) is 11.8. The van der Waals surface area contributed by atoms with E-state index in [0.717, 1.165) is 11.1 Å². The van der Waals surface area contributed by atoms with E-state index in [0.29, 0.717) is 48.8 Å². The van der Waals surface area contributed by atoms with E-state index in [-0.39, 0.29) is 11.3 Å². The Balaban J connectivity index is 1.63. The van der Waals surface area contributed by atoms with Gasteiger partial charge in [-0.25, -0.2) is 0 Å². The third kappa shape index (κ3) is 5.84. The van der Waals surface area contributed by atoms with Crippen molar-refractivity contribution in [2.45, 2.75) is 26.0 Å². The second-order valence-corrected chi connectivity index (χ2v) is 8.91. The lowest BCUT2D eigenvalue weighted by Gasteiger charge is -2.25. The molecular formula is C30H31NO6. The van der Waals surface area contributed by atoms with E-state index in [2.05, 4.69) is 6.07 Å². The number of rotatable bonds is 10. The van der Waals surface area contributed by atoms with Crippen molar-refractivity contribution in [3.63, 3.8) is 0 Å². The molecule has 1 N–H and O–H groups in total. The molecule has 0 aromatic heterocycles. The van der Waals surface area contributed by atoms with Crippen molar-refractivity contribution in [3.8, 4) is 11.5 Å². The number of methoxy groups -OCH3 is 2. The Morgan fingerprint density at radius 1 is 0.946 bits per heavy atom. The molecular weight excluding hydrogens is 470 g/mol. The Hall–Kier alpha value is -4.10. The zero-order chi connectivity index (χ0) is 26.4. The molecule has 3 aromatic rings. The zero-order valence-electron chi connectivity index (χ0n) is 21.3. The van der Waals surface area contributed by atoms with Crippen LogP contribution in [-0.4, -0.2) is 49.1 Å². The van der Waals surface area contributed by atoms with Gasteiger partial charge in [0.1, 0.15) is 23.9 Å². The summed E-state index contributed by atoms with van der Waals surface area (Å²) in [5.74, 6) is -0.295. The molecule has 0 spiro atoms. The highest BCUT2D eigenvalue weighted by Crippen LogP contribution is 2.40. The monoisotopic (exact) mass is 501 g/mol. The number of amides is 1. The molecule has 1 aliphatic heterocycles. The van der Waals surface area contributed by atoms with Gasteiger partial charge >= 0.3 is 0 Å². The number of benzene rings is 3. The minimum absolute atomic E-state index is 0.0565. The molecule has 1 amide bonds. The molecule has 1 aliphatic rings. The van der Waals surface area contributed by atoms with E-state index < -0.39 is 17.7 Å². The fourth-order valence-electron chi connectivity index (χ4n) is 4.46. The van der Waals surface area contributed by atoms with E-state index in [1.165, 1.54) is 4.90 Å². The first-order valence-electron chi connectivity index (χ1n) is 12.1. The number of Topliss-reactive ketones (excluding diaryl/α,β-unsaturated/α-hetero) is 1. The molecule has 3 aromatic carbocycles. The molecule has 1 fully saturated rings. The van der Waals surface area contributed by atoms with Crippen LogP contribution >= 0.6 is 0 Å². The predicted molar refractivity (Wildman–Crippen MR) is 140 cm³/mol.